The molecule has 0 unspecified atom stereocenters. The Morgan fingerprint density at radius 2 is 1.88 bits per heavy atom. The predicted octanol–water partition coefficient (Wildman–Crippen LogP) is 3.40. The number of carbonyl (C=O) groups is 2. The number of benzene rings is 1. The summed E-state index contributed by atoms with van der Waals surface area (Å²) in [5.41, 5.74) is 2.12. The number of nitrogens with one attached hydrogen (secondary N) is 1. The molecule has 0 radical (unpaired) electrons. The summed E-state index contributed by atoms with van der Waals surface area (Å²) in [4.78, 5) is 29.1. The Bertz CT molecular complexity index is 900. The van der Waals surface area contributed by atoms with Gasteiger partial charge in [-0.05, 0) is 61.3 Å². The van der Waals surface area contributed by atoms with Gasteiger partial charge in [0.05, 0.1) is 5.92 Å². The quantitative estimate of drug-likeness (QED) is 0.692. The lowest BCUT2D eigenvalue weighted by molar-refractivity contribution is -0.131. The summed E-state index contributed by atoms with van der Waals surface area (Å²) in [6, 6.07) is 12.0. The minimum atomic E-state index is -0.0512. The molecule has 1 N–H and O–H groups in total. The van der Waals surface area contributed by atoms with Gasteiger partial charge in [-0.15, -0.1) is 5.10 Å². The Kier molecular flexibility index (Phi) is 7.63. The Balaban J connectivity index is 1.25. The fourth-order valence-electron chi connectivity index (χ4n) is 4.54. The monoisotopic (exact) mass is 453 g/mol. The first-order chi connectivity index (χ1) is 15.6. The van der Waals surface area contributed by atoms with Gasteiger partial charge >= 0.3 is 0 Å². The molecule has 7 nitrogen and oxygen atoms in total. The van der Waals surface area contributed by atoms with E-state index in [0.29, 0.717) is 18.9 Å². The van der Waals surface area contributed by atoms with Crippen molar-refractivity contribution in [3.8, 4) is 0 Å². The lowest BCUT2D eigenvalue weighted by Crippen LogP contribution is -2.38. The highest BCUT2D eigenvalue weighted by atomic mass is 32.2. The van der Waals surface area contributed by atoms with Crippen LogP contribution in [0.15, 0.2) is 42.6 Å². The highest BCUT2D eigenvalue weighted by Gasteiger charge is 2.29. The zero-order chi connectivity index (χ0) is 22.3. The van der Waals surface area contributed by atoms with Crippen LogP contribution in [0.2, 0.25) is 0 Å². The van der Waals surface area contributed by atoms with Crippen molar-refractivity contribution in [2.75, 3.05) is 48.4 Å². The number of nitrogens with zero attached hydrogens (tertiary/aromatic N) is 4. The molecular weight excluding hydrogens is 422 g/mol. The molecular formula is C24H31N5O2S. The minimum absolute atomic E-state index is 0.0512. The smallest absolute Gasteiger partial charge is 0.229 e. The maximum absolute atomic E-state index is 12.7. The van der Waals surface area contributed by atoms with Gasteiger partial charge < -0.3 is 15.1 Å². The minimum Gasteiger partial charge on any atom is -0.354 e. The number of anilines is 2. The first-order valence-electron chi connectivity index (χ1n) is 11.3. The molecule has 2 fully saturated rings. The van der Waals surface area contributed by atoms with Crippen molar-refractivity contribution in [1.29, 1.82) is 0 Å². The first kappa shape index (κ1) is 22.6. The van der Waals surface area contributed by atoms with E-state index in [1.807, 2.05) is 35.4 Å². The van der Waals surface area contributed by atoms with Crippen LogP contribution in [0.1, 0.15) is 37.2 Å². The third kappa shape index (κ3) is 5.59. The molecule has 4 rings (SSSR count). The normalized spacial score (nSPS) is 19.2. The van der Waals surface area contributed by atoms with Gasteiger partial charge in [-0.2, -0.15) is 16.9 Å². The molecule has 0 bridgehead atoms. The SMILES string of the molecule is CSCCC(=O)N1CCC(c2ccc(NC(=O)[C@H]3CCN(c4cccnn4)C3)cc2)CC1. The fourth-order valence-corrected chi connectivity index (χ4v) is 4.92. The van der Waals surface area contributed by atoms with E-state index < -0.39 is 0 Å². The number of hydrogen-bond donors (Lipinski definition) is 1. The lowest BCUT2D eigenvalue weighted by Gasteiger charge is -2.32. The Hall–Kier alpha value is -2.61. The van der Waals surface area contributed by atoms with Crippen LogP contribution in [0.3, 0.4) is 0 Å². The molecule has 0 saturated carbocycles. The summed E-state index contributed by atoms with van der Waals surface area (Å²) in [5.74, 6) is 2.47. The van der Waals surface area contributed by atoms with Gasteiger partial charge in [-0.3, -0.25) is 9.59 Å². The standard InChI is InChI=1S/C24H31N5O2S/c1-32-16-11-23(30)28-13-8-19(9-14-28)18-4-6-21(7-5-18)26-24(31)20-10-15-29(17-20)22-3-2-12-25-27-22/h2-7,12,19-20H,8-11,13-17H2,1H3,(H,26,31)/t20-/m0/s1. The Morgan fingerprint density at radius 3 is 2.56 bits per heavy atom. The second-order valence-electron chi connectivity index (χ2n) is 8.52. The topological polar surface area (TPSA) is 78.4 Å². The van der Waals surface area contributed by atoms with Crippen molar-refractivity contribution < 1.29 is 9.59 Å². The van der Waals surface area contributed by atoms with Crippen molar-refractivity contribution in [3.05, 3.63) is 48.2 Å². The second kappa shape index (κ2) is 10.8. The average molecular weight is 454 g/mol. The van der Waals surface area contributed by atoms with Gasteiger partial charge in [-0.25, -0.2) is 0 Å². The lowest BCUT2D eigenvalue weighted by atomic mass is 9.89. The molecule has 3 heterocycles. The molecule has 1 atom stereocenters. The van der Waals surface area contributed by atoms with Crippen LogP contribution in [0.4, 0.5) is 11.5 Å². The van der Waals surface area contributed by atoms with Crippen LogP contribution in [-0.4, -0.2) is 65.1 Å². The number of carbonyl (C=O) groups excluding carboxylic acids is 2. The molecule has 8 heteroatoms. The summed E-state index contributed by atoms with van der Waals surface area (Å²) < 4.78 is 0. The highest BCUT2D eigenvalue weighted by molar-refractivity contribution is 7.98. The molecule has 1 aromatic carbocycles. The second-order valence-corrected chi connectivity index (χ2v) is 9.51. The van der Waals surface area contributed by atoms with Crippen LogP contribution in [0.25, 0.3) is 0 Å². The van der Waals surface area contributed by atoms with Gasteiger partial charge in [0, 0.05) is 50.2 Å². The van der Waals surface area contributed by atoms with E-state index >= 15 is 0 Å². The first-order valence-corrected chi connectivity index (χ1v) is 12.7. The summed E-state index contributed by atoms with van der Waals surface area (Å²) in [6.07, 6.45) is 7.14. The van der Waals surface area contributed by atoms with Crippen LogP contribution >= 0.6 is 11.8 Å². The maximum Gasteiger partial charge on any atom is 0.229 e. The van der Waals surface area contributed by atoms with Crippen molar-refractivity contribution in [3.63, 3.8) is 0 Å². The molecule has 0 aliphatic carbocycles. The summed E-state index contributed by atoms with van der Waals surface area (Å²) >= 11 is 1.72. The number of aromatic nitrogens is 2. The summed E-state index contributed by atoms with van der Waals surface area (Å²) in [5, 5.41) is 11.1. The van der Waals surface area contributed by atoms with E-state index in [2.05, 4.69) is 32.5 Å². The average Bonchev–Trinajstić information content (AvgIpc) is 3.34. The number of thioether (sulfide) groups is 1. The zero-order valence-electron chi connectivity index (χ0n) is 18.6. The predicted molar refractivity (Wildman–Crippen MR) is 129 cm³/mol. The molecule has 2 aromatic rings. The van der Waals surface area contributed by atoms with Gasteiger partial charge in [0.15, 0.2) is 5.82 Å². The van der Waals surface area contributed by atoms with Crippen LogP contribution in [-0.2, 0) is 9.59 Å². The van der Waals surface area contributed by atoms with Gasteiger partial charge in [0.1, 0.15) is 0 Å². The van der Waals surface area contributed by atoms with Crippen molar-refractivity contribution in [2.45, 2.75) is 31.6 Å². The summed E-state index contributed by atoms with van der Waals surface area (Å²) in [7, 11) is 0. The molecule has 32 heavy (non-hydrogen) atoms. The number of amides is 2. The number of piperidine rings is 1. The fraction of sp³-hybridized carbons (Fsp3) is 0.500. The van der Waals surface area contributed by atoms with E-state index in [9.17, 15) is 9.59 Å². The van der Waals surface area contributed by atoms with Crippen LogP contribution in [0.5, 0.6) is 0 Å². The zero-order valence-corrected chi connectivity index (χ0v) is 19.4. The van der Waals surface area contributed by atoms with E-state index in [1.54, 1.807) is 18.0 Å². The van der Waals surface area contributed by atoms with Gasteiger partial charge in [-0.1, -0.05) is 12.1 Å². The number of hydrogen-bond acceptors (Lipinski definition) is 6. The molecule has 2 amide bonds. The molecule has 2 saturated heterocycles. The van der Waals surface area contributed by atoms with Crippen LogP contribution < -0.4 is 10.2 Å². The number of likely N-dealkylation sites (tertiary alicyclic amines) is 1. The molecule has 1 aromatic heterocycles. The highest BCUT2D eigenvalue weighted by Crippen LogP contribution is 2.29. The van der Waals surface area contributed by atoms with E-state index in [0.717, 1.165) is 56.2 Å². The number of rotatable bonds is 7. The van der Waals surface area contributed by atoms with Crippen molar-refractivity contribution >= 4 is 35.1 Å². The van der Waals surface area contributed by atoms with Crippen LogP contribution in [0, 0.1) is 5.92 Å². The molecule has 2 aliphatic rings. The van der Waals surface area contributed by atoms with Gasteiger partial charge in [0.25, 0.3) is 0 Å². The largest absolute Gasteiger partial charge is 0.354 e. The molecule has 170 valence electrons. The third-order valence-electron chi connectivity index (χ3n) is 6.46. The van der Waals surface area contributed by atoms with E-state index in [1.165, 1.54) is 5.56 Å². The molecule has 0 spiro atoms. The molecule has 2 aliphatic heterocycles. The summed E-state index contributed by atoms with van der Waals surface area (Å²) in [6.45, 7) is 3.14. The van der Waals surface area contributed by atoms with E-state index in [-0.39, 0.29) is 17.7 Å². The Labute approximate surface area is 194 Å². The maximum atomic E-state index is 12.7. The van der Waals surface area contributed by atoms with Gasteiger partial charge in [0.2, 0.25) is 11.8 Å². The van der Waals surface area contributed by atoms with E-state index in [4.69, 9.17) is 0 Å². The van der Waals surface area contributed by atoms with Crippen molar-refractivity contribution in [2.24, 2.45) is 5.92 Å². The third-order valence-corrected chi connectivity index (χ3v) is 7.07. The van der Waals surface area contributed by atoms with Crippen molar-refractivity contribution in [1.82, 2.24) is 15.1 Å². The Morgan fingerprint density at radius 1 is 1.09 bits per heavy atom.